The van der Waals surface area contributed by atoms with Crippen molar-refractivity contribution in [2.75, 3.05) is 38.6 Å². The van der Waals surface area contributed by atoms with Gasteiger partial charge in [0, 0.05) is 43.0 Å². The van der Waals surface area contributed by atoms with E-state index in [1.807, 2.05) is 24.8 Å². The number of anilines is 1. The summed E-state index contributed by atoms with van der Waals surface area (Å²) in [6.45, 7) is 7.39. The second-order valence-electron chi connectivity index (χ2n) is 12.1. The Morgan fingerprint density at radius 1 is 1.20 bits per heavy atom. The van der Waals surface area contributed by atoms with Crippen LogP contribution in [0.3, 0.4) is 0 Å². The molecule has 8 heteroatoms. The van der Waals surface area contributed by atoms with Gasteiger partial charge in [0.05, 0.1) is 7.11 Å². The van der Waals surface area contributed by atoms with Gasteiger partial charge in [-0.2, -0.15) is 0 Å². The zero-order chi connectivity index (χ0) is 28.2. The number of ether oxygens (including phenoxy) is 1. The molecule has 1 saturated heterocycles. The lowest BCUT2D eigenvalue weighted by molar-refractivity contribution is -0.143. The van der Waals surface area contributed by atoms with E-state index in [-0.39, 0.29) is 11.7 Å². The lowest BCUT2D eigenvalue weighted by Gasteiger charge is -2.31. The van der Waals surface area contributed by atoms with Crippen molar-refractivity contribution in [3.8, 4) is 5.75 Å². The Kier molecular flexibility index (Phi) is 9.26. The number of carbonyl (C=O) groups is 1. The van der Waals surface area contributed by atoms with Crippen molar-refractivity contribution >= 4 is 11.8 Å². The van der Waals surface area contributed by atoms with Gasteiger partial charge < -0.3 is 15.2 Å². The van der Waals surface area contributed by atoms with Crippen LogP contribution in [0.4, 0.5) is 10.2 Å². The zero-order valence-electron chi connectivity index (χ0n) is 24.3. The molecule has 7 nitrogen and oxygen atoms in total. The molecule has 3 aliphatic rings. The maximum Gasteiger partial charge on any atom is 0.325 e. The van der Waals surface area contributed by atoms with Crippen molar-refractivity contribution < 1.29 is 19.0 Å². The number of aromatic nitrogens is 1. The third kappa shape index (κ3) is 6.60. The number of aliphatic carboxylic acids is 1. The number of fused-ring (bicyclic) bond motifs is 1. The fourth-order valence-electron chi connectivity index (χ4n) is 6.50. The van der Waals surface area contributed by atoms with E-state index < -0.39 is 17.8 Å². The van der Waals surface area contributed by atoms with E-state index in [0.717, 1.165) is 63.0 Å². The first-order chi connectivity index (χ1) is 19.4. The quantitative estimate of drug-likeness (QED) is 0.305. The molecule has 0 spiro atoms. The van der Waals surface area contributed by atoms with Gasteiger partial charge in [0.2, 0.25) is 0 Å². The van der Waals surface area contributed by atoms with Gasteiger partial charge in [-0.05, 0) is 93.2 Å². The Balaban J connectivity index is 1.18. The second-order valence-corrected chi connectivity index (χ2v) is 12.1. The van der Waals surface area contributed by atoms with Crippen LogP contribution in [0.2, 0.25) is 0 Å². The third-order valence-electron chi connectivity index (χ3n) is 8.84. The Hall–Kier alpha value is -2.71. The van der Waals surface area contributed by atoms with Crippen LogP contribution < -0.4 is 10.1 Å². The van der Waals surface area contributed by atoms with Gasteiger partial charge >= 0.3 is 5.97 Å². The van der Waals surface area contributed by atoms with Crippen LogP contribution in [0.25, 0.3) is 0 Å². The molecule has 218 valence electrons. The highest BCUT2D eigenvalue weighted by Crippen LogP contribution is 2.38. The average Bonchev–Trinajstić information content (AvgIpc) is 3.67. The number of carboxylic acid groups (broad SMARTS) is 1. The number of aryl methyl sites for hydroxylation is 2. The molecular formula is C32H45FN4O3. The van der Waals surface area contributed by atoms with Gasteiger partial charge in [-0.3, -0.25) is 14.6 Å². The van der Waals surface area contributed by atoms with Gasteiger partial charge in [0.1, 0.15) is 11.9 Å². The molecule has 1 aromatic heterocycles. The monoisotopic (exact) mass is 552 g/mol. The number of halogens is 1. The Bertz CT molecular complexity index is 1180. The lowest BCUT2D eigenvalue weighted by atomic mass is 9.95. The summed E-state index contributed by atoms with van der Waals surface area (Å²) in [6.07, 6.45) is 10.1. The summed E-state index contributed by atoms with van der Waals surface area (Å²) in [7, 11) is 1.41. The van der Waals surface area contributed by atoms with Crippen LogP contribution in [0, 0.1) is 5.82 Å². The molecule has 2 N–H and O–H groups in total. The summed E-state index contributed by atoms with van der Waals surface area (Å²) >= 11 is 0. The maximum atomic E-state index is 14.9. The SMILES string of the molecule is COc1c(F)cc(C(C)C)cc1[C@@H](C(=O)O)N1CC[C@@H](N(CCCCCc2ccc3c(n2)NCCC3)C2CC2)C1. The van der Waals surface area contributed by atoms with Crippen molar-refractivity contribution in [1.29, 1.82) is 0 Å². The van der Waals surface area contributed by atoms with Crippen LogP contribution in [-0.4, -0.2) is 71.2 Å². The second kappa shape index (κ2) is 12.9. The van der Waals surface area contributed by atoms with Crippen molar-refractivity contribution in [1.82, 2.24) is 14.8 Å². The number of pyridine rings is 1. The van der Waals surface area contributed by atoms with E-state index >= 15 is 0 Å². The molecule has 0 unspecified atom stereocenters. The highest BCUT2D eigenvalue weighted by atomic mass is 19.1. The minimum absolute atomic E-state index is 0.0449. The standard InChI is InChI=1S/C32H45FN4O3/c1-21(2)23-18-27(30(40-3)28(33)19-23)29(32(38)39)36-17-14-26(20-36)37(25-12-13-25)16-6-4-5-9-24-11-10-22-8-7-15-34-31(22)35-24/h10-11,18-19,21,25-26,29H,4-9,12-17,20H2,1-3H3,(H,34,35)(H,38,39)/t26-,29+/m1/s1. The van der Waals surface area contributed by atoms with Crippen LogP contribution in [-0.2, 0) is 17.6 Å². The molecule has 1 aromatic carbocycles. The molecule has 5 rings (SSSR count). The lowest BCUT2D eigenvalue weighted by Crippen LogP contribution is -2.41. The minimum Gasteiger partial charge on any atom is -0.493 e. The molecule has 1 aliphatic carbocycles. The van der Waals surface area contributed by atoms with E-state index in [4.69, 9.17) is 9.72 Å². The average molecular weight is 553 g/mol. The Morgan fingerprint density at radius 3 is 2.75 bits per heavy atom. The van der Waals surface area contributed by atoms with Gasteiger partial charge in [-0.1, -0.05) is 26.3 Å². The predicted molar refractivity (Wildman–Crippen MR) is 156 cm³/mol. The topological polar surface area (TPSA) is 77.9 Å². The first kappa shape index (κ1) is 28.8. The summed E-state index contributed by atoms with van der Waals surface area (Å²) in [4.78, 5) is 22.0. The molecule has 40 heavy (non-hydrogen) atoms. The smallest absolute Gasteiger partial charge is 0.325 e. The number of nitrogens with zero attached hydrogens (tertiary/aromatic N) is 3. The largest absolute Gasteiger partial charge is 0.493 e. The summed E-state index contributed by atoms with van der Waals surface area (Å²) in [6, 6.07) is 7.72. The summed E-state index contributed by atoms with van der Waals surface area (Å²) in [5, 5.41) is 13.7. The van der Waals surface area contributed by atoms with Crippen LogP contribution in [0.15, 0.2) is 24.3 Å². The molecule has 2 aromatic rings. The molecule has 2 atom stereocenters. The fourth-order valence-corrected chi connectivity index (χ4v) is 6.50. The minimum atomic E-state index is -0.955. The molecule has 0 amide bonds. The number of hydrogen-bond donors (Lipinski definition) is 2. The first-order valence-corrected chi connectivity index (χ1v) is 15.2. The summed E-state index contributed by atoms with van der Waals surface area (Å²) < 4.78 is 20.3. The fraction of sp³-hybridized carbons (Fsp3) is 0.625. The number of carboxylic acids is 1. The maximum absolute atomic E-state index is 14.9. The highest BCUT2D eigenvalue weighted by Gasteiger charge is 2.41. The zero-order valence-corrected chi connectivity index (χ0v) is 24.3. The number of unbranched alkanes of at least 4 members (excludes halogenated alkanes) is 2. The van der Waals surface area contributed by atoms with Gasteiger partial charge in [-0.25, -0.2) is 9.37 Å². The molecule has 0 radical (unpaired) electrons. The third-order valence-corrected chi connectivity index (χ3v) is 8.84. The predicted octanol–water partition coefficient (Wildman–Crippen LogP) is 5.79. The van der Waals surface area contributed by atoms with E-state index in [1.54, 1.807) is 0 Å². The number of nitrogens with one attached hydrogen (secondary N) is 1. The highest BCUT2D eigenvalue weighted by molar-refractivity contribution is 5.77. The molecule has 2 fully saturated rings. The van der Waals surface area contributed by atoms with E-state index in [2.05, 4.69) is 22.3 Å². The summed E-state index contributed by atoms with van der Waals surface area (Å²) in [5.41, 5.74) is 3.72. The van der Waals surface area contributed by atoms with Crippen molar-refractivity contribution in [3.05, 3.63) is 52.5 Å². The molecule has 3 heterocycles. The van der Waals surface area contributed by atoms with Crippen molar-refractivity contribution in [2.24, 2.45) is 0 Å². The van der Waals surface area contributed by atoms with Crippen LogP contribution >= 0.6 is 0 Å². The van der Waals surface area contributed by atoms with Gasteiger partial charge in [-0.15, -0.1) is 0 Å². The molecule has 1 saturated carbocycles. The number of hydrogen-bond acceptors (Lipinski definition) is 6. The first-order valence-electron chi connectivity index (χ1n) is 15.2. The van der Waals surface area contributed by atoms with E-state index in [9.17, 15) is 14.3 Å². The van der Waals surface area contributed by atoms with Crippen molar-refractivity contribution in [2.45, 2.75) is 95.7 Å². The van der Waals surface area contributed by atoms with Gasteiger partial charge in [0.25, 0.3) is 0 Å². The molecule has 2 aliphatic heterocycles. The summed E-state index contributed by atoms with van der Waals surface area (Å²) in [5.74, 6) is -0.241. The Morgan fingerprint density at radius 2 is 2.02 bits per heavy atom. The van der Waals surface area contributed by atoms with Crippen molar-refractivity contribution in [3.63, 3.8) is 0 Å². The van der Waals surface area contributed by atoms with E-state index in [1.165, 1.54) is 43.7 Å². The Labute approximate surface area is 238 Å². The number of benzene rings is 1. The van der Waals surface area contributed by atoms with E-state index in [0.29, 0.717) is 30.7 Å². The number of rotatable bonds is 13. The van der Waals surface area contributed by atoms with Crippen LogP contribution in [0.1, 0.15) is 93.1 Å². The number of methoxy groups -OCH3 is 1. The molecular weight excluding hydrogens is 507 g/mol. The number of likely N-dealkylation sites (tertiary alicyclic amines) is 1. The molecule has 0 bridgehead atoms. The van der Waals surface area contributed by atoms with Crippen LogP contribution in [0.5, 0.6) is 5.75 Å². The normalized spacial score (nSPS) is 20.0. The van der Waals surface area contributed by atoms with Gasteiger partial charge in [0.15, 0.2) is 11.6 Å².